The maximum Gasteiger partial charge on any atom is 0.266 e. The smallest absolute Gasteiger partial charge is 0.266 e. The number of nitrogens with zero attached hydrogens (tertiary/aromatic N) is 1. The molecule has 0 atom stereocenters. The summed E-state index contributed by atoms with van der Waals surface area (Å²) in [6, 6.07) is 18.9. The minimum Gasteiger partial charge on any atom is -0.497 e. The van der Waals surface area contributed by atoms with E-state index in [1.807, 2.05) is 31.2 Å². The molecule has 0 saturated heterocycles. The maximum atomic E-state index is 12.5. The minimum atomic E-state index is -0.599. The van der Waals surface area contributed by atoms with Crippen LogP contribution >= 0.6 is 23.2 Å². The van der Waals surface area contributed by atoms with Crippen LogP contribution in [0.1, 0.15) is 11.1 Å². The van der Waals surface area contributed by atoms with E-state index in [1.165, 1.54) is 25.3 Å². The molecule has 2 N–H and O–H groups in total. The Morgan fingerprint density at radius 1 is 1.03 bits per heavy atom. The van der Waals surface area contributed by atoms with Crippen LogP contribution in [0.25, 0.3) is 6.08 Å². The van der Waals surface area contributed by atoms with Gasteiger partial charge >= 0.3 is 0 Å². The molecular formula is C26H21Cl2N3O4. The van der Waals surface area contributed by atoms with Gasteiger partial charge in [0.05, 0.1) is 17.2 Å². The van der Waals surface area contributed by atoms with Gasteiger partial charge in [-0.1, -0.05) is 41.4 Å². The van der Waals surface area contributed by atoms with Gasteiger partial charge in [0.1, 0.15) is 17.4 Å². The van der Waals surface area contributed by atoms with Gasteiger partial charge in [-0.25, -0.2) is 0 Å². The molecule has 0 aromatic heterocycles. The lowest BCUT2D eigenvalue weighted by atomic mass is 10.1. The van der Waals surface area contributed by atoms with Crippen molar-refractivity contribution < 1.29 is 19.1 Å². The number of nitriles is 1. The molecule has 0 bridgehead atoms. The lowest BCUT2D eigenvalue weighted by Gasteiger charge is -2.12. The number of ether oxygens (including phenoxy) is 2. The molecule has 0 aliphatic rings. The molecule has 0 fully saturated rings. The van der Waals surface area contributed by atoms with Crippen LogP contribution in [-0.2, 0) is 9.59 Å². The first kappa shape index (κ1) is 25.6. The van der Waals surface area contributed by atoms with Crippen molar-refractivity contribution in [1.82, 2.24) is 0 Å². The topological polar surface area (TPSA) is 100 Å². The van der Waals surface area contributed by atoms with E-state index in [0.29, 0.717) is 22.7 Å². The summed E-state index contributed by atoms with van der Waals surface area (Å²) >= 11 is 12.6. The number of hydrogen-bond donors (Lipinski definition) is 2. The minimum absolute atomic E-state index is 0.117. The standard InChI is InChI=1S/C26H21Cl2N3O4/c1-16-5-3-4-6-23(16)31-24(32)15-35-25-21(27)12-17(13-22(25)28)11-18(14-29)26(33)30-19-7-9-20(34-2)10-8-19/h3-13H,15H2,1-2H3,(H,30,33)(H,31,32)/b18-11-. The number of methoxy groups -OCH3 is 1. The van der Waals surface area contributed by atoms with Gasteiger partial charge in [-0.15, -0.1) is 0 Å². The molecule has 0 spiro atoms. The van der Waals surface area contributed by atoms with Crippen LogP contribution in [0.5, 0.6) is 11.5 Å². The summed E-state index contributed by atoms with van der Waals surface area (Å²) in [7, 11) is 1.54. The predicted octanol–water partition coefficient (Wildman–Crippen LogP) is 5.87. The summed E-state index contributed by atoms with van der Waals surface area (Å²) in [4.78, 5) is 24.8. The van der Waals surface area contributed by atoms with Crippen molar-refractivity contribution in [2.24, 2.45) is 0 Å². The van der Waals surface area contributed by atoms with Crippen molar-refractivity contribution in [3.05, 3.63) is 87.4 Å². The Morgan fingerprint density at radius 3 is 2.29 bits per heavy atom. The quantitative estimate of drug-likeness (QED) is 0.292. The second kappa shape index (κ2) is 11.9. The molecule has 9 heteroatoms. The fourth-order valence-corrected chi connectivity index (χ4v) is 3.64. The molecule has 2 amide bonds. The van der Waals surface area contributed by atoms with Crippen LogP contribution in [0.2, 0.25) is 10.0 Å². The molecular weight excluding hydrogens is 489 g/mol. The summed E-state index contributed by atoms with van der Waals surface area (Å²) in [5.41, 5.74) is 2.35. The van der Waals surface area contributed by atoms with Crippen LogP contribution in [0.4, 0.5) is 11.4 Å². The largest absolute Gasteiger partial charge is 0.497 e. The second-order valence-electron chi connectivity index (χ2n) is 7.32. The summed E-state index contributed by atoms with van der Waals surface area (Å²) < 4.78 is 10.6. The summed E-state index contributed by atoms with van der Waals surface area (Å²) in [6.45, 7) is 1.57. The second-order valence-corrected chi connectivity index (χ2v) is 8.13. The van der Waals surface area contributed by atoms with Crippen molar-refractivity contribution in [3.8, 4) is 17.6 Å². The van der Waals surface area contributed by atoms with Gasteiger partial charge in [0.15, 0.2) is 12.4 Å². The Kier molecular flexibility index (Phi) is 8.74. The van der Waals surface area contributed by atoms with E-state index in [2.05, 4.69) is 10.6 Å². The van der Waals surface area contributed by atoms with Crippen LogP contribution in [0.15, 0.2) is 66.2 Å². The molecule has 178 valence electrons. The predicted molar refractivity (Wildman–Crippen MR) is 137 cm³/mol. The van der Waals surface area contributed by atoms with E-state index in [0.717, 1.165) is 5.56 Å². The number of nitrogens with one attached hydrogen (secondary N) is 2. The summed E-state index contributed by atoms with van der Waals surface area (Å²) in [5.74, 6) is -0.222. The third-order valence-electron chi connectivity index (χ3n) is 4.81. The molecule has 3 rings (SSSR count). The van der Waals surface area contributed by atoms with Crippen molar-refractivity contribution in [1.29, 1.82) is 5.26 Å². The Balaban J connectivity index is 1.69. The molecule has 3 aromatic carbocycles. The normalized spacial score (nSPS) is 10.8. The van der Waals surface area contributed by atoms with Crippen LogP contribution in [-0.4, -0.2) is 25.5 Å². The first-order chi connectivity index (χ1) is 16.8. The summed E-state index contributed by atoms with van der Waals surface area (Å²) in [6.07, 6.45) is 1.35. The number of halogens is 2. The van der Waals surface area contributed by atoms with Gasteiger partial charge in [0.2, 0.25) is 0 Å². The number of amides is 2. The van der Waals surface area contributed by atoms with Gasteiger partial charge in [-0.3, -0.25) is 9.59 Å². The molecule has 0 saturated carbocycles. The monoisotopic (exact) mass is 509 g/mol. The van der Waals surface area contributed by atoms with Gasteiger partial charge in [0, 0.05) is 11.4 Å². The molecule has 3 aromatic rings. The average Bonchev–Trinajstić information content (AvgIpc) is 2.84. The number of carbonyl (C=O) groups excluding carboxylic acids is 2. The Labute approximate surface area is 212 Å². The average molecular weight is 510 g/mol. The highest BCUT2D eigenvalue weighted by Crippen LogP contribution is 2.35. The number of hydrogen-bond acceptors (Lipinski definition) is 5. The van der Waals surface area contributed by atoms with Gasteiger partial charge < -0.3 is 20.1 Å². The maximum absolute atomic E-state index is 12.5. The van der Waals surface area contributed by atoms with E-state index < -0.39 is 5.91 Å². The number of carbonyl (C=O) groups is 2. The lowest BCUT2D eigenvalue weighted by Crippen LogP contribution is -2.20. The van der Waals surface area contributed by atoms with E-state index in [9.17, 15) is 14.9 Å². The third kappa shape index (κ3) is 7.00. The molecule has 35 heavy (non-hydrogen) atoms. The molecule has 0 aliphatic carbocycles. The number of rotatable bonds is 8. The number of aryl methyl sites for hydroxylation is 1. The zero-order chi connectivity index (χ0) is 25.4. The van der Waals surface area contributed by atoms with Gasteiger partial charge in [-0.05, 0) is 66.6 Å². The third-order valence-corrected chi connectivity index (χ3v) is 5.37. The lowest BCUT2D eigenvalue weighted by molar-refractivity contribution is -0.118. The van der Waals surface area contributed by atoms with Crippen molar-refractivity contribution >= 4 is 52.5 Å². The van der Waals surface area contributed by atoms with Crippen LogP contribution in [0, 0.1) is 18.3 Å². The highest BCUT2D eigenvalue weighted by Gasteiger charge is 2.14. The number of anilines is 2. The van der Waals surface area contributed by atoms with Gasteiger partial charge in [-0.2, -0.15) is 5.26 Å². The van der Waals surface area contributed by atoms with Gasteiger partial charge in [0.25, 0.3) is 11.8 Å². The highest BCUT2D eigenvalue weighted by molar-refractivity contribution is 6.37. The van der Waals surface area contributed by atoms with E-state index in [-0.39, 0.29) is 33.9 Å². The Hall–Kier alpha value is -3.99. The van der Waals surface area contributed by atoms with Crippen molar-refractivity contribution in [2.75, 3.05) is 24.4 Å². The first-order valence-corrected chi connectivity index (χ1v) is 11.1. The fraction of sp³-hybridized carbons (Fsp3) is 0.115. The number of para-hydroxylation sites is 1. The van der Waals surface area contributed by atoms with E-state index >= 15 is 0 Å². The summed E-state index contributed by atoms with van der Waals surface area (Å²) in [5, 5.41) is 15.1. The van der Waals surface area contributed by atoms with Crippen molar-refractivity contribution in [3.63, 3.8) is 0 Å². The number of benzene rings is 3. The molecule has 0 aliphatic heterocycles. The van der Waals surface area contributed by atoms with Crippen molar-refractivity contribution in [2.45, 2.75) is 6.92 Å². The fourth-order valence-electron chi connectivity index (χ4n) is 3.03. The highest BCUT2D eigenvalue weighted by atomic mass is 35.5. The zero-order valence-corrected chi connectivity index (χ0v) is 20.4. The Morgan fingerprint density at radius 2 is 1.69 bits per heavy atom. The molecule has 0 heterocycles. The van der Waals surface area contributed by atoms with E-state index in [1.54, 1.807) is 30.3 Å². The van der Waals surface area contributed by atoms with Crippen LogP contribution in [0.3, 0.4) is 0 Å². The first-order valence-electron chi connectivity index (χ1n) is 10.3. The molecule has 0 unspecified atom stereocenters. The molecule has 0 radical (unpaired) electrons. The van der Waals surface area contributed by atoms with Crippen LogP contribution < -0.4 is 20.1 Å². The zero-order valence-electron chi connectivity index (χ0n) is 18.9. The SMILES string of the molecule is COc1ccc(NC(=O)/C(C#N)=C\c2cc(Cl)c(OCC(=O)Nc3ccccc3C)c(Cl)c2)cc1. The molecule has 7 nitrogen and oxygen atoms in total. The Bertz CT molecular complexity index is 1290. The van der Waals surface area contributed by atoms with E-state index in [4.69, 9.17) is 32.7 Å².